The highest BCUT2D eigenvalue weighted by Gasteiger charge is 2.29. The molecular weight excluding hydrogens is 276 g/mol. The second kappa shape index (κ2) is 6.25. The monoisotopic (exact) mass is 292 g/mol. The maximum absolute atomic E-state index is 11.0. The number of hydrogen-bond donors (Lipinski definition) is 1. The summed E-state index contributed by atoms with van der Waals surface area (Å²) in [6, 6.07) is 7.59. The predicted octanol–water partition coefficient (Wildman–Crippen LogP) is 2.90. The molecule has 4 nitrogen and oxygen atoms in total. The maximum atomic E-state index is 11.0. The summed E-state index contributed by atoms with van der Waals surface area (Å²) in [5.41, 5.74) is 1.53. The Morgan fingerprint density at radius 3 is 2.90 bits per heavy atom. The minimum absolute atomic E-state index is 0.219. The first-order valence-electron chi connectivity index (χ1n) is 6.66. The van der Waals surface area contributed by atoms with E-state index < -0.39 is 5.97 Å². The third kappa shape index (κ3) is 3.30. The van der Waals surface area contributed by atoms with Crippen molar-refractivity contribution in [3.63, 3.8) is 0 Å². The summed E-state index contributed by atoms with van der Waals surface area (Å²) in [4.78, 5) is 13.3. The van der Waals surface area contributed by atoms with Crippen LogP contribution in [-0.2, 0) is 11.3 Å². The maximum Gasteiger partial charge on any atom is 0.306 e. The fourth-order valence-corrected chi connectivity index (χ4v) is 2.88. The van der Waals surface area contributed by atoms with Crippen molar-refractivity contribution in [1.29, 1.82) is 5.26 Å². The number of hydrogen-bond acceptors (Lipinski definition) is 3. The van der Waals surface area contributed by atoms with Gasteiger partial charge < -0.3 is 5.11 Å². The zero-order chi connectivity index (χ0) is 14.7. The van der Waals surface area contributed by atoms with Crippen LogP contribution in [0.2, 0.25) is 5.02 Å². The summed E-state index contributed by atoms with van der Waals surface area (Å²) in [5, 5.41) is 18.5. The summed E-state index contributed by atoms with van der Waals surface area (Å²) in [7, 11) is 0. The van der Waals surface area contributed by atoms with Crippen LogP contribution in [0.15, 0.2) is 18.2 Å². The minimum atomic E-state index is -0.701. The van der Waals surface area contributed by atoms with Gasteiger partial charge in [0.25, 0.3) is 0 Å². The molecule has 0 bridgehead atoms. The Labute approximate surface area is 123 Å². The van der Waals surface area contributed by atoms with Crippen LogP contribution in [0.3, 0.4) is 0 Å². The molecule has 0 radical (unpaired) electrons. The lowest BCUT2D eigenvalue weighted by Crippen LogP contribution is -2.42. The SMILES string of the molecule is CC1CC(C(=O)O)CCN1Cc1ccc(C#N)cc1Cl. The normalized spacial score (nSPS) is 23.2. The zero-order valence-corrected chi connectivity index (χ0v) is 12.1. The van der Waals surface area contributed by atoms with Crippen LogP contribution in [0.1, 0.15) is 30.9 Å². The number of likely N-dealkylation sites (tertiary alicyclic amines) is 1. The number of carboxylic acid groups (broad SMARTS) is 1. The number of benzene rings is 1. The molecule has 2 unspecified atom stereocenters. The summed E-state index contributed by atoms with van der Waals surface area (Å²) in [5.74, 6) is -0.939. The smallest absolute Gasteiger partial charge is 0.306 e. The third-order valence-electron chi connectivity index (χ3n) is 3.92. The van der Waals surface area contributed by atoms with Crippen molar-refractivity contribution >= 4 is 17.6 Å². The van der Waals surface area contributed by atoms with E-state index in [9.17, 15) is 4.79 Å². The van der Waals surface area contributed by atoms with Gasteiger partial charge in [-0.1, -0.05) is 17.7 Å². The molecule has 2 atom stereocenters. The number of nitriles is 1. The highest BCUT2D eigenvalue weighted by Crippen LogP contribution is 2.27. The highest BCUT2D eigenvalue weighted by molar-refractivity contribution is 6.31. The van der Waals surface area contributed by atoms with Gasteiger partial charge in [0.1, 0.15) is 0 Å². The molecule has 1 N–H and O–H groups in total. The van der Waals surface area contributed by atoms with Crippen molar-refractivity contribution in [2.45, 2.75) is 32.4 Å². The minimum Gasteiger partial charge on any atom is -0.481 e. The van der Waals surface area contributed by atoms with Gasteiger partial charge in [-0.25, -0.2) is 0 Å². The fraction of sp³-hybridized carbons (Fsp3) is 0.467. The molecule has 1 aliphatic rings. The van der Waals surface area contributed by atoms with Crippen molar-refractivity contribution in [2.24, 2.45) is 5.92 Å². The summed E-state index contributed by atoms with van der Waals surface area (Å²) in [6.45, 7) is 3.50. The molecule has 0 spiro atoms. The molecule has 0 saturated carbocycles. The largest absolute Gasteiger partial charge is 0.481 e. The van der Waals surface area contributed by atoms with E-state index in [4.69, 9.17) is 22.0 Å². The molecule has 1 aliphatic heterocycles. The molecule has 0 amide bonds. The standard InChI is InChI=1S/C15H17ClN2O2/c1-10-6-12(15(19)20)4-5-18(10)9-13-3-2-11(8-17)7-14(13)16/h2-3,7,10,12H,4-6,9H2,1H3,(H,19,20). The summed E-state index contributed by atoms with van der Waals surface area (Å²) < 4.78 is 0. The second-order valence-electron chi connectivity index (χ2n) is 5.30. The van der Waals surface area contributed by atoms with Crippen LogP contribution in [-0.4, -0.2) is 28.6 Å². The van der Waals surface area contributed by atoms with Gasteiger partial charge in [0.15, 0.2) is 0 Å². The van der Waals surface area contributed by atoms with Crippen LogP contribution in [0.5, 0.6) is 0 Å². The van der Waals surface area contributed by atoms with Crippen LogP contribution in [0.4, 0.5) is 0 Å². The van der Waals surface area contributed by atoms with Crippen LogP contribution < -0.4 is 0 Å². The van der Waals surface area contributed by atoms with Gasteiger partial charge in [0.2, 0.25) is 0 Å². The Bertz CT molecular complexity index is 553. The summed E-state index contributed by atoms with van der Waals surface area (Å²) >= 11 is 6.18. The van der Waals surface area contributed by atoms with Crippen molar-refractivity contribution in [3.05, 3.63) is 34.3 Å². The molecule has 106 valence electrons. The number of halogens is 1. The molecular formula is C15H17ClN2O2. The van der Waals surface area contributed by atoms with Crippen LogP contribution in [0, 0.1) is 17.2 Å². The lowest BCUT2D eigenvalue weighted by molar-refractivity contribution is -0.144. The van der Waals surface area contributed by atoms with E-state index in [0.29, 0.717) is 30.0 Å². The molecule has 1 saturated heterocycles. The third-order valence-corrected chi connectivity index (χ3v) is 4.27. The zero-order valence-electron chi connectivity index (χ0n) is 11.3. The Balaban J connectivity index is 2.04. The van der Waals surface area contributed by atoms with E-state index in [1.807, 2.05) is 13.0 Å². The average Bonchev–Trinajstić information content (AvgIpc) is 2.42. The quantitative estimate of drug-likeness (QED) is 0.930. The van der Waals surface area contributed by atoms with Crippen molar-refractivity contribution in [1.82, 2.24) is 4.90 Å². The number of carbonyl (C=O) groups is 1. The molecule has 5 heteroatoms. The Hall–Kier alpha value is -1.57. The number of aliphatic carboxylic acids is 1. The van der Waals surface area contributed by atoms with E-state index in [2.05, 4.69) is 11.0 Å². The molecule has 20 heavy (non-hydrogen) atoms. The van der Waals surface area contributed by atoms with Gasteiger partial charge in [0, 0.05) is 17.6 Å². The van der Waals surface area contributed by atoms with Gasteiger partial charge in [-0.15, -0.1) is 0 Å². The van der Waals surface area contributed by atoms with Crippen molar-refractivity contribution < 1.29 is 9.90 Å². The van der Waals surface area contributed by atoms with Gasteiger partial charge in [-0.2, -0.15) is 5.26 Å². The van der Waals surface area contributed by atoms with E-state index in [-0.39, 0.29) is 12.0 Å². The number of nitrogens with zero attached hydrogens (tertiary/aromatic N) is 2. The summed E-state index contributed by atoms with van der Waals surface area (Å²) in [6.07, 6.45) is 1.34. The molecule has 1 fully saturated rings. The fourth-order valence-electron chi connectivity index (χ4n) is 2.64. The van der Waals surface area contributed by atoms with E-state index in [0.717, 1.165) is 12.1 Å². The Morgan fingerprint density at radius 2 is 2.35 bits per heavy atom. The number of piperidine rings is 1. The van der Waals surface area contributed by atoms with E-state index in [1.54, 1.807) is 12.1 Å². The topological polar surface area (TPSA) is 64.3 Å². The van der Waals surface area contributed by atoms with Crippen LogP contribution >= 0.6 is 11.6 Å². The van der Waals surface area contributed by atoms with Gasteiger partial charge in [-0.3, -0.25) is 9.69 Å². The van der Waals surface area contributed by atoms with E-state index >= 15 is 0 Å². The number of rotatable bonds is 3. The first kappa shape index (κ1) is 14.8. The predicted molar refractivity (Wildman–Crippen MR) is 76.4 cm³/mol. The molecule has 2 rings (SSSR count). The highest BCUT2D eigenvalue weighted by atomic mass is 35.5. The van der Waals surface area contributed by atoms with Gasteiger partial charge in [-0.05, 0) is 44.0 Å². The molecule has 0 aromatic heterocycles. The molecule has 1 aromatic carbocycles. The molecule has 1 heterocycles. The second-order valence-corrected chi connectivity index (χ2v) is 5.70. The average molecular weight is 293 g/mol. The molecule has 0 aliphatic carbocycles. The van der Waals surface area contributed by atoms with Crippen molar-refractivity contribution in [3.8, 4) is 6.07 Å². The lowest BCUT2D eigenvalue weighted by Gasteiger charge is -2.36. The Kier molecular flexibility index (Phi) is 4.64. The number of carboxylic acids is 1. The first-order valence-corrected chi connectivity index (χ1v) is 7.04. The van der Waals surface area contributed by atoms with Crippen molar-refractivity contribution in [2.75, 3.05) is 6.54 Å². The first-order chi connectivity index (χ1) is 9.51. The van der Waals surface area contributed by atoms with E-state index in [1.165, 1.54) is 0 Å². The Morgan fingerprint density at radius 1 is 1.60 bits per heavy atom. The van der Waals surface area contributed by atoms with Gasteiger partial charge in [0.05, 0.1) is 17.6 Å². The van der Waals surface area contributed by atoms with Gasteiger partial charge >= 0.3 is 5.97 Å². The lowest BCUT2D eigenvalue weighted by atomic mass is 9.91. The van der Waals surface area contributed by atoms with Crippen LogP contribution in [0.25, 0.3) is 0 Å². The molecule has 1 aromatic rings.